The van der Waals surface area contributed by atoms with Gasteiger partial charge in [0.2, 0.25) is 5.43 Å². The second-order valence-corrected chi connectivity index (χ2v) is 10.1. The highest BCUT2D eigenvalue weighted by atomic mass is 19.1. The number of fused-ring (bicyclic) bond motifs is 2. The van der Waals surface area contributed by atoms with E-state index in [0.29, 0.717) is 35.5 Å². The fourth-order valence-electron chi connectivity index (χ4n) is 5.80. The van der Waals surface area contributed by atoms with Crippen LogP contribution in [-0.4, -0.2) is 43.1 Å². The van der Waals surface area contributed by atoms with Crippen molar-refractivity contribution in [2.45, 2.75) is 37.8 Å². The van der Waals surface area contributed by atoms with Gasteiger partial charge in [-0.2, -0.15) is 0 Å². The van der Waals surface area contributed by atoms with Crippen molar-refractivity contribution in [2.24, 2.45) is 5.92 Å². The van der Waals surface area contributed by atoms with Crippen molar-refractivity contribution in [3.8, 4) is 5.75 Å². The third-order valence-electron chi connectivity index (χ3n) is 7.75. The van der Waals surface area contributed by atoms with Gasteiger partial charge in [-0.1, -0.05) is 36.4 Å². The Morgan fingerprint density at radius 3 is 2.69 bits per heavy atom. The molecule has 0 bridgehead atoms. The van der Waals surface area contributed by atoms with Gasteiger partial charge >= 0.3 is 0 Å². The topological polar surface area (TPSA) is 63.6 Å². The molecular weight excluding hydrogens is 457 g/mol. The standard InChI is InChI=1S/C29H30FN3O3/c1-36-29-26-21(14-23(30)27(29)32-15-19-8-5-13-31-24(19)17-32)28(35)22(16-33(26)20-10-11-20)25(34)12-9-18-6-3-2-4-7-18/h2-4,6-7,9,12,14,16,19-20,24,31H,5,8,10-11,13,15,17H2,1H3/b12-9+. The molecule has 2 aliphatic heterocycles. The first kappa shape index (κ1) is 23.0. The number of aromatic nitrogens is 1. The van der Waals surface area contributed by atoms with E-state index in [1.165, 1.54) is 19.3 Å². The molecule has 1 aromatic heterocycles. The number of methoxy groups -OCH3 is 1. The molecule has 0 spiro atoms. The van der Waals surface area contributed by atoms with Crippen molar-refractivity contribution in [2.75, 3.05) is 31.6 Å². The zero-order valence-electron chi connectivity index (χ0n) is 20.4. The molecule has 3 aliphatic rings. The summed E-state index contributed by atoms with van der Waals surface area (Å²) < 4.78 is 23.5. The number of pyridine rings is 1. The highest BCUT2D eigenvalue weighted by Gasteiger charge is 2.38. The average Bonchev–Trinajstić information content (AvgIpc) is 3.65. The average molecular weight is 488 g/mol. The van der Waals surface area contributed by atoms with Gasteiger partial charge in [0.05, 0.1) is 23.6 Å². The minimum atomic E-state index is -0.484. The summed E-state index contributed by atoms with van der Waals surface area (Å²) in [5, 5.41) is 3.75. The lowest BCUT2D eigenvalue weighted by atomic mass is 9.94. The van der Waals surface area contributed by atoms with E-state index in [0.717, 1.165) is 44.3 Å². The van der Waals surface area contributed by atoms with Crippen LogP contribution in [0.3, 0.4) is 0 Å². The number of anilines is 1. The summed E-state index contributed by atoms with van der Waals surface area (Å²) in [6.07, 6.45) is 8.89. The predicted molar refractivity (Wildman–Crippen MR) is 140 cm³/mol. The summed E-state index contributed by atoms with van der Waals surface area (Å²) in [7, 11) is 1.53. The second kappa shape index (κ2) is 9.21. The fourth-order valence-corrected chi connectivity index (χ4v) is 5.80. The quantitative estimate of drug-likeness (QED) is 0.408. The Balaban J connectivity index is 1.46. The molecule has 2 aromatic carbocycles. The van der Waals surface area contributed by atoms with E-state index in [1.54, 1.807) is 12.3 Å². The maximum Gasteiger partial charge on any atom is 0.200 e. The molecule has 6 nitrogen and oxygen atoms in total. The molecule has 0 amide bonds. The zero-order valence-corrected chi connectivity index (χ0v) is 20.4. The van der Waals surface area contributed by atoms with E-state index in [9.17, 15) is 9.59 Å². The van der Waals surface area contributed by atoms with Gasteiger partial charge in [0, 0.05) is 31.4 Å². The van der Waals surface area contributed by atoms with Gasteiger partial charge < -0.3 is 19.5 Å². The van der Waals surface area contributed by atoms with Crippen LogP contribution in [0.5, 0.6) is 5.75 Å². The summed E-state index contributed by atoms with van der Waals surface area (Å²) >= 11 is 0. The van der Waals surface area contributed by atoms with Gasteiger partial charge in [0.15, 0.2) is 17.3 Å². The summed E-state index contributed by atoms with van der Waals surface area (Å²) in [5.41, 5.74) is 1.44. The van der Waals surface area contributed by atoms with E-state index in [2.05, 4.69) is 10.2 Å². The number of hydrogen-bond donors (Lipinski definition) is 1. The van der Waals surface area contributed by atoms with Gasteiger partial charge in [0.25, 0.3) is 0 Å². The Morgan fingerprint density at radius 2 is 1.97 bits per heavy atom. The second-order valence-electron chi connectivity index (χ2n) is 10.1. The third-order valence-corrected chi connectivity index (χ3v) is 7.75. The number of ketones is 1. The molecule has 1 saturated carbocycles. The predicted octanol–water partition coefficient (Wildman–Crippen LogP) is 4.57. The minimum absolute atomic E-state index is 0.0483. The van der Waals surface area contributed by atoms with E-state index < -0.39 is 17.0 Å². The number of nitrogens with one attached hydrogen (secondary N) is 1. The number of halogens is 1. The molecule has 186 valence electrons. The molecule has 1 aliphatic carbocycles. The molecule has 0 radical (unpaired) electrons. The lowest BCUT2D eigenvalue weighted by molar-refractivity contribution is 0.104. The number of hydrogen-bond acceptors (Lipinski definition) is 5. The molecule has 7 heteroatoms. The first-order chi connectivity index (χ1) is 17.5. The van der Waals surface area contributed by atoms with Crippen molar-refractivity contribution < 1.29 is 13.9 Å². The van der Waals surface area contributed by atoms with Gasteiger partial charge in [-0.05, 0) is 55.9 Å². The van der Waals surface area contributed by atoms with E-state index in [-0.39, 0.29) is 17.0 Å². The van der Waals surface area contributed by atoms with Crippen molar-refractivity contribution in [3.05, 3.63) is 75.8 Å². The van der Waals surface area contributed by atoms with E-state index >= 15 is 4.39 Å². The SMILES string of the molecule is COc1c(N2CC3CCCNC3C2)c(F)cc2c(=O)c(C(=O)/C=C/c3ccccc3)cn(C3CC3)c12. The molecule has 3 fully saturated rings. The van der Waals surface area contributed by atoms with Gasteiger partial charge in [0.1, 0.15) is 5.69 Å². The van der Waals surface area contributed by atoms with Crippen LogP contribution in [0.4, 0.5) is 10.1 Å². The number of ether oxygens (including phenoxy) is 1. The van der Waals surface area contributed by atoms with Gasteiger partial charge in [-0.15, -0.1) is 0 Å². The van der Waals surface area contributed by atoms with Crippen LogP contribution in [0.2, 0.25) is 0 Å². The largest absolute Gasteiger partial charge is 0.492 e. The number of benzene rings is 2. The minimum Gasteiger partial charge on any atom is -0.492 e. The van der Waals surface area contributed by atoms with Crippen LogP contribution in [0.1, 0.15) is 47.6 Å². The number of nitrogens with zero attached hydrogens (tertiary/aromatic N) is 2. The Kier molecular flexibility index (Phi) is 5.88. The van der Waals surface area contributed by atoms with Crippen LogP contribution >= 0.6 is 0 Å². The van der Waals surface area contributed by atoms with E-state index in [4.69, 9.17) is 4.74 Å². The maximum atomic E-state index is 15.7. The Labute approximate surface area is 209 Å². The van der Waals surface area contributed by atoms with Crippen molar-refractivity contribution in [1.82, 2.24) is 9.88 Å². The van der Waals surface area contributed by atoms with Crippen LogP contribution in [0.25, 0.3) is 17.0 Å². The highest BCUT2D eigenvalue weighted by molar-refractivity contribution is 6.08. The molecule has 2 unspecified atom stereocenters. The summed E-state index contributed by atoms with van der Waals surface area (Å²) in [6, 6.07) is 11.3. The number of rotatable bonds is 6. The zero-order chi connectivity index (χ0) is 24.8. The molecular formula is C29H30FN3O3. The van der Waals surface area contributed by atoms with Crippen LogP contribution in [0, 0.1) is 11.7 Å². The van der Waals surface area contributed by atoms with Crippen LogP contribution < -0.4 is 20.4 Å². The number of piperidine rings is 1. The normalized spacial score (nSPS) is 21.8. The smallest absolute Gasteiger partial charge is 0.200 e. The Morgan fingerprint density at radius 1 is 1.17 bits per heavy atom. The molecule has 1 N–H and O–H groups in total. The molecule has 2 atom stereocenters. The first-order valence-corrected chi connectivity index (χ1v) is 12.8. The van der Waals surface area contributed by atoms with Crippen molar-refractivity contribution >= 4 is 28.4 Å². The lowest BCUT2D eigenvalue weighted by Gasteiger charge is -2.25. The lowest BCUT2D eigenvalue weighted by Crippen LogP contribution is -2.40. The van der Waals surface area contributed by atoms with Gasteiger partial charge in [-0.3, -0.25) is 9.59 Å². The number of allylic oxidation sites excluding steroid dienone is 1. The molecule has 3 heterocycles. The molecule has 2 saturated heterocycles. The van der Waals surface area contributed by atoms with Crippen molar-refractivity contribution in [1.29, 1.82) is 0 Å². The summed E-state index contributed by atoms with van der Waals surface area (Å²) in [6.45, 7) is 2.45. The third kappa shape index (κ3) is 4.01. The van der Waals surface area contributed by atoms with Gasteiger partial charge in [-0.25, -0.2) is 4.39 Å². The number of carbonyl (C=O) groups is 1. The first-order valence-electron chi connectivity index (χ1n) is 12.8. The number of carbonyl (C=O) groups excluding carboxylic acids is 1. The highest BCUT2D eigenvalue weighted by Crippen LogP contribution is 2.45. The summed E-state index contributed by atoms with van der Waals surface area (Å²) in [4.78, 5) is 28.7. The van der Waals surface area contributed by atoms with Crippen LogP contribution in [0.15, 0.2) is 53.5 Å². The maximum absolute atomic E-state index is 15.7. The Hall–Kier alpha value is -3.45. The molecule has 6 rings (SSSR count). The van der Waals surface area contributed by atoms with E-state index in [1.807, 2.05) is 34.9 Å². The fraction of sp³-hybridized carbons (Fsp3) is 0.379. The Bertz CT molecular complexity index is 1400. The summed E-state index contributed by atoms with van der Waals surface area (Å²) in [5.74, 6) is -0.0211. The monoisotopic (exact) mass is 487 g/mol. The van der Waals surface area contributed by atoms with Crippen molar-refractivity contribution in [3.63, 3.8) is 0 Å². The molecule has 3 aromatic rings. The van der Waals surface area contributed by atoms with Crippen LogP contribution in [-0.2, 0) is 0 Å². The molecule has 36 heavy (non-hydrogen) atoms.